The van der Waals surface area contributed by atoms with Crippen molar-refractivity contribution in [2.45, 2.75) is 25.7 Å². The van der Waals surface area contributed by atoms with Gasteiger partial charge in [0.15, 0.2) is 0 Å². The van der Waals surface area contributed by atoms with Gasteiger partial charge in [0.05, 0.1) is 11.4 Å². The smallest absolute Gasteiger partial charge is 0.0610 e. The summed E-state index contributed by atoms with van der Waals surface area (Å²) in [6, 6.07) is 6.74. The average Bonchev–Trinajstić information content (AvgIpc) is 2.82. The van der Waals surface area contributed by atoms with Gasteiger partial charge in [0.25, 0.3) is 0 Å². The number of hydrogen-bond donors (Lipinski definition) is 1. The van der Waals surface area contributed by atoms with Crippen LogP contribution in [0.25, 0.3) is 0 Å². The number of aryl methyl sites for hydroxylation is 1. The summed E-state index contributed by atoms with van der Waals surface area (Å²) in [5.74, 6) is 0. The Kier molecular flexibility index (Phi) is 2.28. The van der Waals surface area contributed by atoms with E-state index in [0.717, 1.165) is 6.54 Å². The molecular weight excluding hydrogens is 184 g/mol. The maximum absolute atomic E-state index is 3.57. The summed E-state index contributed by atoms with van der Waals surface area (Å²) in [7, 11) is 0. The third-order valence-corrected chi connectivity index (χ3v) is 3.50. The molecule has 2 aliphatic heterocycles. The first kappa shape index (κ1) is 9.08. The predicted octanol–water partition coefficient (Wildman–Crippen LogP) is 2.64. The Bertz CT molecular complexity index is 354. The van der Waals surface area contributed by atoms with Crippen LogP contribution in [0.5, 0.6) is 0 Å². The molecular formula is C13H18N2. The van der Waals surface area contributed by atoms with Crippen molar-refractivity contribution < 1.29 is 0 Å². The topological polar surface area (TPSA) is 15.3 Å². The molecule has 0 unspecified atom stereocenters. The monoisotopic (exact) mass is 202 g/mol. The second-order valence-electron chi connectivity index (χ2n) is 4.54. The van der Waals surface area contributed by atoms with Crippen LogP contribution < -0.4 is 10.2 Å². The molecule has 1 aromatic rings. The zero-order chi connectivity index (χ0) is 10.1. The van der Waals surface area contributed by atoms with Crippen LogP contribution in [0.15, 0.2) is 18.2 Å². The van der Waals surface area contributed by atoms with E-state index in [1.165, 1.54) is 55.7 Å². The van der Waals surface area contributed by atoms with Crippen molar-refractivity contribution in [1.29, 1.82) is 0 Å². The first-order valence-corrected chi connectivity index (χ1v) is 6.06. The number of hydrogen-bond acceptors (Lipinski definition) is 2. The molecule has 1 aromatic carbocycles. The Morgan fingerprint density at radius 3 is 2.80 bits per heavy atom. The van der Waals surface area contributed by atoms with Crippen molar-refractivity contribution in [2.75, 3.05) is 29.9 Å². The Hall–Kier alpha value is -1.18. The SMILES string of the molecule is c1cc2c(c(N3CCCC3)c1)NCCC2. The van der Waals surface area contributed by atoms with Gasteiger partial charge in [0, 0.05) is 19.6 Å². The van der Waals surface area contributed by atoms with Gasteiger partial charge in [0.2, 0.25) is 0 Å². The summed E-state index contributed by atoms with van der Waals surface area (Å²) in [6.45, 7) is 3.61. The summed E-state index contributed by atoms with van der Waals surface area (Å²) in [5, 5.41) is 3.57. The molecule has 0 aromatic heterocycles. The molecule has 3 rings (SSSR count). The van der Waals surface area contributed by atoms with Crippen LogP contribution in [0.4, 0.5) is 11.4 Å². The maximum atomic E-state index is 3.57. The van der Waals surface area contributed by atoms with Gasteiger partial charge in [-0.3, -0.25) is 0 Å². The second kappa shape index (κ2) is 3.76. The van der Waals surface area contributed by atoms with Crippen molar-refractivity contribution in [3.8, 4) is 0 Å². The van der Waals surface area contributed by atoms with Crippen LogP contribution in [0.2, 0.25) is 0 Å². The number of nitrogens with zero attached hydrogens (tertiary/aromatic N) is 1. The van der Waals surface area contributed by atoms with E-state index < -0.39 is 0 Å². The van der Waals surface area contributed by atoms with Gasteiger partial charge in [-0.2, -0.15) is 0 Å². The Balaban J connectivity index is 1.99. The fraction of sp³-hybridized carbons (Fsp3) is 0.538. The largest absolute Gasteiger partial charge is 0.383 e. The van der Waals surface area contributed by atoms with Gasteiger partial charge in [-0.25, -0.2) is 0 Å². The lowest BCUT2D eigenvalue weighted by Crippen LogP contribution is -2.22. The molecule has 2 heteroatoms. The van der Waals surface area contributed by atoms with E-state index in [-0.39, 0.29) is 0 Å². The number of anilines is 2. The molecule has 2 aliphatic rings. The van der Waals surface area contributed by atoms with Crippen molar-refractivity contribution in [3.63, 3.8) is 0 Å². The molecule has 0 aliphatic carbocycles. The number of nitrogens with one attached hydrogen (secondary N) is 1. The van der Waals surface area contributed by atoms with Gasteiger partial charge < -0.3 is 10.2 Å². The van der Waals surface area contributed by atoms with Crippen molar-refractivity contribution in [3.05, 3.63) is 23.8 Å². The molecule has 0 bridgehead atoms. The minimum atomic E-state index is 1.14. The number of benzene rings is 1. The molecule has 1 N–H and O–H groups in total. The third-order valence-electron chi connectivity index (χ3n) is 3.50. The van der Waals surface area contributed by atoms with Gasteiger partial charge >= 0.3 is 0 Å². The highest BCUT2D eigenvalue weighted by atomic mass is 15.2. The standard InChI is InChI=1S/C13H18N2/c1-2-10-15(9-1)12-7-3-5-11-6-4-8-14-13(11)12/h3,5,7,14H,1-2,4,6,8-10H2. The van der Waals surface area contributed by atoms with Gasteiger partial charge in [-0.15, -0.1) is 0 Å². The first-order valence-electron chi connectivity index (χ1n) is 6.06. The van der Waals surface area contributed by atoms with Crippen LogP contribution in [-0.4, -0.2) is 19.6 Å². The first-order chi connectivity index (χ1) is 7.45. The number of para-hydroxylation sites is 1. The molecule has 0 atom stereocenters. The number of rotatable bonds is 1. The molecule has 0 saturated carbocycles. The van der Waals surface area contributed by atoms with Gasteiger partial charge in [-0.05, 0) is 37.3 Å². The van der Waals surface area contributed by atoms with E-state index in [2.05, 4.69) is 28.4 Å². The zero-order valence-corrected chi connectivity index (χ0v) is 9.13. The summed E-state index contributed by atoms with van der Waals surface area (Å²) in [4.78, 5) is 2.52. The molecule has 15 heavy (non-hydrogen) atoms. The lowest BCUT2D eigenvalue weighted by Gasteiger charge is -2.26. The molecule has 1 fully saturated rings. The summed E-state index contributed by atoms with van der Waals surface area (Å²) >= 11 is 0. The van der Waals surface area contributed by atoms with Crippen LogP contribution in [0.3, 0.4) is 0 Å². The molecule has 1 saturated heterocycles. The Morgan fingerprint density at radius 1 is 1.07 bits per heavy atom. The highest BCUT2D eigenvalue weighted by molar-refractivity contribution is 5.74. The normalized spacial score (nSPS) is 19.9. The summed E-state index contributed by atoms with van der Waals surface area (Å²) < 4.78 is 0. The Morgan fingerprint density at radius 2 is 1.93 bits per heavy atom. The van der Waals surface area contributed by atoms with Gasteiger partial charge in [-0.1, -0.05) is 12.1 Å². The quantitative estimate of drug-likeness (QED) is 0.753. The van der Waals surface area contributed by atoms with Crippen molar-refractivity contribution in [1.82, 2.24) is 0 Å². The van der Waals surface area contributed by atoms with E-state index in [1.54, 1.807) is 0 Å². The minimum Gasteiger partial charge on any atom is -0.383 e. The minimum absolute atomic E-state index is 1.14. The van der Waals surface area contributed by atoms with E-state index in [0.29, 0.717) is 0 Å². The Labute approximate surface area is 91.3 Å². The van der Waals surface area contributed by atoms with E-state index in [9.17, 15) is 0 Å². The van der Waals surface area contributed by atoms with E-state index in [1.807, 2.05) is 0 Å². The number of fused-ring (bicyclic) bond motifs is 1. The van der Waals surface area contributed by atoms with E-state index >= 15 is 0 Å². The molecule has 0 radical (unpaired) electrons. The van der Waals surface area contributed by atoms with Crippen LogP contribution in [0.1, 0.15) is 24.8 Å². The maximum Gasteiger partial charge on any atom is 0.0610 e. The van der Waals surface area contributed by atoms with Crippen molar-refractivity contribution in [2.24, 2.45) is 0 Å². The summed E-state index contributed by atoms with van der Waals surface area (Å²) in [5.41, 5.74) is 4.35. The molecule has 2 nitrogen and oxygen atoms in total. The average molecular weight is 202 g/mol. The third kappa shape index (κ3) is 1.58. The summed E-state index contributed by atoms with van der Waals surface area (Å²) in [6.07, 6.45) is 5.22. The highest BCUT2D eigenvalue weighted by Gasteiger charge is 2.18. The molecule has 80 valence electrons. The van der Waals surface area contributed by atoms with Crippen LogP contribution in [0, 0.1) is 0 Å². The van der Waals surface area contributed by atoms with Crippen molar-refractivity contribution >= 4 is 11.4 Å². The fourth-order valence-electron chi connectivity index (χ4n) is 2.71. The van der Waals surface area contributed by atoms with Crippen LogP contribution >= 0.6 is 0 Å². The molecule has 2 heterocycles. The molecule has 0 spiro atoms. The van der Waals surface area contributed by atoms with Gasteiger partial charge in [0.1, 0.15) is 0 Å². The second-order valence-corrected chi connectivity index (χ2v) is 4.54. The van der Waals surface area contributed by atoms with E-state index in [4.69, 9.17) is 0 Å². The molecule has 0 amide bonds. The highest BCUT2D eigenvalue weighted by Crippen LogP contribution is 2.34. The lowest BCUT2D eigenvalue weighted by atomic mass is 10.0. The lowest BCUT2D eigenvalue weighted by molar-refractivity contribution is 0.825. The predicted molar refractivity (Wildman–Crippen MR) is 64.7 cm³/mol. The van der Waals surface area contributed by atoms with Crippen LogP contribution in [-0.2, 0) is 6.42 Å². The fourth-order valence-corrected chi connectivity index (χ4v) is 2.71. The zero-order valence-electron chi connectivity index (χ0n) is 9.13.